The van der Waals surface area contributed by atoms with Crippen LogP contribution < -0.4 is 0 Å². The van der Waals surface area contributed by atoms with Gasteiger partial charge in [-0.25, -0.2) is 0 Å². The molecule has 278 valence electrons. The summed E-state index contributed by atoms with van der Waals surface area (Å²) >= 11 is 0. The van der Waals surface area contributed by atoms with Gasteiger partial charge in [0, 0.05) is 13.0 Å². The number of hydrogen-bond donors (Lipinski definition) is 7. The molecule has 2 aliphatic heterocycles. The van der Waals surface area contributed by atoms with Crippen LogP contribution in [0.3, 0.4) is 0 Å². The maximum Gasteiger partial charge on any atom is 0.306 e. The lowest BCUT2D eigenvalue weighted by atomic mass is 9.98. The highest BCUT2D eigenvalue weighted by Gasteiger charge is 2.47. The third-order valence-corrected chi connectivity index (χ3v) is 8.62. The Morgan fingerprint density at radius 2 is 1.13 bits per heavy atom. The van der Waals surface area contributed by atoms with Crippen LogP contribution >= 0.6 is 0 Å². The second kappa shape index (κ2) is 24.2. The topological polar surface area (TPSA) is 214 Å². The molecule has 11 unspecified atom stereocenters. The zero-order chi connectivity index (χ0) is 34.6. The highest BCUT2D eigenvalue weighted by molar-refractivity contribution is 5.69. The predicted octanol–water partition coefficient (Wildman–Crippen LogP) is 1.06. The van der Waals surface area contributed by atoms with Gasteiger partial charge in [0.25, 0.3) is 0 Å². The van der Waals surface area contributed by atoms with Gasteiger partial charge in [-0.15, -0.1) is 0 Å². The summed E-state index contributed by atoms with van der Waals surface area (Å²) < 4.78 is 33.5. The van der Waals surface area contributed by atoms with Crippen LogP contribution in [0.2, 0.25) is 0 Å². The first-order valence-electron chi connectivity index (χ1n) is 17.6. The third-order valence-electron chi connectivity index (χ3n) is 8.62. The number of aliphatic hydroxyl groups excluding tert-OH is 7. The fourth-order valence-corrected chi connectivity index (χ4v) is 5.55. The van der Waals surface area contributed by atoms with Crippen LogP contribution in [0, 0.1) is 0 Å². The summed E-state index contributed by atoms with van der Waals surface area (Å²) in [5, 5.41) is 71.0. The van der Waals surface area contributed by atoms with Crippen molar-refractivity contribution < 1.29 is 69.0 Å². The van der Waals surface area contributed by atoms with E-state index in [1.54, 1.807) is 0 Å². The van der Waals surface area contributed by atoms with E-state index in [-0.39, 0.29) is 19.6 Å². The summed E-state index contributed by atoms with van der Waals surface area (Å²) in [7, 11) is 0. The Bertz CT molecular complexity index is 803. The van der Waals surface area contributed by atoms with Crippen LogP contribution in [0.1, 0.15) is 104 Å². The van der Waals surface area contributed by atoms with E-state index < -0.39 is 86.7 Å². The van der Waals surface area contributed by atoms with Gasteiger partial charge in [-0.05, 0) is 12.8 Å². The van der Waals surface area contributed by atoms with Crippen molar-refractivity contribution in [2.24, 2.45) is 0 Å². The molecule has 2 saturated heterocycles. The Morgan fingerprint density at radius 3 is 1.70 bits per heavy atom. The minimum Gasteiger partial charge on any atom is -0.457 e. The number of esters is 1. The maximum atomic E-state index is 12.4. The first-order valence-corrected chi connectivity index (χ1v) is 17.6. The molecule has 0 aromatic rings. The van der Waals surface area contributed by atoms with Gasteiger partial charge in [-0.3, -0.25) is 4.79 Å². The molecule has 2 fully saturated rings. The van der Waals surface area contributed by atoms with Crippen molar-refractivity contribution in [3.63, 3.8) is 0 Å². The second-order valence-corrected chi connectivity index (χ2v) is 12.7. The quantitative estimate of drug-likeness (QED) is 0.0530. The number of unbranched alkanes of at least 4 members (excludes halogenated alkanes) is 11. The monoisotopic (exact) mass is 682 g/mol. The molecule has 0 radical (unpaired) electrons. The Morgan fingerprint density at radius 1 is 0.617 bits per heavy atom. The van der Waals surface area contributed by atoms with Crippen LogP contribution in [0.25, 0.3) is 0 Å². The van der Waals surface area contributed by atoms with Crippen molar-refractivity contribution >= 4 is 5.97 Å². The van der Waals surface area contributed by atoms with Gasteiger partial charge in [-0.1, -0.05) is 84.5 Å². The molecule has 0 spiro atoms. The van der Waals surface area contributed by atoms with Gasteiger partial charge in [0.2, 0.25) is 0 Å². The van der Waals surface area contributed by atoms with E-state index in [4.69, 9.17) is 28.4 Å². The molecule has 0 aromatic carbocycles. The SMILES string of the molecule is CCCCCCCCCCCCCOCC(COC1OC(COC2OC(CO)C(O)C(O)C2O)C(O)C(O)C1O)OC(=O)CCCC. The van der Waals surface area contributed by atoms with Crippen molar-refractivity contribution in [2.75, 3.05) is 33.0 Å². The average Bonchev–Trinajstić information content (AvgIpc) is 3.07. The number of carbonyl (C=O) groups is 1. The van der Waals surface area contributed by atoms with Crippen molar-refractivity contribution in [2.45, 2.75) is 171 Å². The molecule has 47 heavy (non-hydrogen) atoms. The Hall–Kier alpha value is -1.01. The summed E-state index contributed by atoms with van der Waals surface area (Å²) in [6.07, 6.45) is -1.03. The first-order chi connectivity index (χ1) is 22.6. The van der Waals surface area contributed by atoms with Crippen molar-refractivity contribution in [3.05, 3.63) is 0 Å². The van der Waals surface area contributed by atoms with Crippen molar-refractivity contribution in [1.82, 2.24) is 0 Å². The molecule has 0 aromatic heterocycles. The first kappa shape index (κ1) is 42.2. The standard InChI is InChI=1S/C33H62O14/c1-3-5-7-8-9-10-11-12-13-14-15-17-42-19-22(45-25(35)16-6-4-2)20-43-32-31(41)29(39)27(37)24(47-32)21-44-33-30(40)28(38)26(36)23(18-34)46-33/h22-24,26-34,36-41H,3-21H2,1-2H3. The summed E-state index contributed by atoms with van der Waals surface area (Å²) in [5.41, 5.74) is 0. The van der Waals surface area contributed by atoms with Gasteiger partial charge >= 0.3 is 5.97 Å². The van der Waals surface area contributed by atoms with Gasteiger partial charge < -0.3 is 64.2 Å². The molecule has 0 bridgehead atoms. The Balaban J connectivity index is 1.81. The molecule has 14 heteroatoms. The number of ether oxygens (including phenoxy) is 6. The largest absolute Gasteiger partial charge is 0.457 e. The summed E-state index contributed by atoms with van der Waals surface area (Å²) in [5.74, 6) is -0.412. The smallest absolute Gasteiger partial charge is 0.306 e. The zero-order valence-corrected chi connectivity index (χ0v) is 28.3. The van der Waals surface area contributed by atoms with Gasteiger partial charge in [0.05, 0.1) is 26.4 Å². The van der Waals surface area contributed by atoms with Crippen LogP contribution in [0.15, 0.2) is 0 Å². The van der Waals surface area contributed by atoms with Crippen molar-refractivity contribution in [1.29, 1.82) is 0 Å². The molecular formula is C33H62O14. The van der Waals surface area contributed by atoms with E-state index in [2.05, 4.69) is 6.92 Å². The fraction of sp³-hybridized carbons (Fsp3) is 0.970. The molecule has 7 N–H and O–H groups in total. The molecule has 14 nitrogen and oxygen atoms in total. The fourth-order valence-electron chi connectivity index (χ4n) is 5.55. The highest BCUT2D eigenvalue weighted by Crippen LogP contribution is 2.26. The van der Waals surface area contributed by atoms with Crippen molar-refractivity contribution in [3.8, 4) is 0 Å². The van der Waals surface area contributed by atoms with Gasteiger partial charge in [0.15, 0.2) is 12.6 Å². The van der Waals surface area contributed by atoms with Crippen LogP contribution in [-0.4, -0.2) is 142 Å². The van der Waals surface area contributed by atoms with Crippen LogP contribution in [-0.2, 0) is 33.2 Å². The lowest BCUT2D eigenvalue weighted by Gasteiger charge is -2.42. The lowest BCUT2D eigenvalue weighted by Crippen LogP contribution is -2.61. The molecule has 0 amide bonds. The van der Waals surface area contributed by atoms with E-state index in [1.807, 2.05) is 6.92 Å². The van der Waals surface area contributed by atoms with E-state index in [9.17, 15) is 40.5 Å². The average molecular weight is 683 g/mol. The van der Waals surface area contributed by atoms with E-state index >= 15 is 0 Å². The number of aliphatic hydroxyl groups is 7. The van der Waals surface area contributed by atoms with Crippen LogP contribution in [0.4, 0.5) is 0 Å². The molecule has 0 saturated carbocycles. The second-order valence-electron chi connectivity index (χ2n) is 12.7. The number of carbonyl (C=O) groups excluding carboxylic acids is 1. The zero-order valence-electron chi connectivity index (χ0n) is 28.3. The summed E-state index contributed by atoms with van der Waals surface area (Å²) in [6, 6.07) is 0. The molecule has 2 aliphatic rings. The van der Waals surface area contributed by atoms with E-state index in [1.165, 1.54) is 51.4 Å². The molecule has 11 atom stereocenters. The molecule has 2 heterocycles. The van der Waals surface area contributed by atoms with Gasteiger partial charge in [0.1, 0.15) is 54.9 Å². The third kappa shape index (κ3) is 15.2. The molecule has 0 aliphatic carbocycles. The predicted molar refractivity (Wildman–Crippen MR) is 169 cm³/mol. The normalized spacial score (nSPS) is 31.9. The molecular weight excluding hydrogens is 620 g/mol. The number of rotatable bonds is 25. The molecule has 2 rings (SSSR count). The Kier molecular flexibility index (Phi) is 21.7. The minimum absolute atomic E-state index is 0.0628. The Labute approximate surface area is 279 Å². The van der Waals surface area contributed by atoms with E-state index in [0.29, 0.717) is 13.0 Å². The van der Waals surface area contributed by atoms with E-state index in [0.717, 1.165) is 25.7 Å². The maximum absolute atomic E-state index is 12.4. The van der Waals surface area contributed by atoms with Gasteiger partial charge in [-0.2, -0.15) is 0 Å². The minimum atomic E-state index is -1.69. The highest BCUT2D eigenvalue weighted by atomic mass is 16.7. The lowest BCUT2D eigenvalue weighted by molar-refractivity contribution is -0.332. The number of hydrogen-bond acceptors (Lipinski definition) is 14. The summed E-state index contributed by atoms with van der Waals surface area (Å²) in [6.45, 7) is 3.39. The summed E-state index contributed by atoms with van der Waals surface area (Å²) in [4.78, 5) is 12.4. The van der Waals surface area contributed by atoms with Crippen LogP contribution in [0.5, 0.6) is 0 Å².